The third kappa shape index (κ3) is 5.23. The molecule has 41 heavy (non-hydrogen) atoms. The number of rotatable bonds is 6. The molecule has 12 N–H and O–H groups in total. The summed E-state index contributed by atoms with van der Waals surface area (Å²) in [5.41, 5.74) is 27.4. The lowest BCUT2D eigenvalue weighted by molar-refractivity contribution is -0.288. The largest absolute Gasteiger partial charge is 0.453 e. The van der Waals surface area contributed by atoms with Gasteiger partial charge in [0.2, 0.25) is 5.41 Å². The fourth-order valence-electron chi connectivity index (χ4n) is 4.29. The van der Waals surface area contributed by atoms with Gasteiger partial charge in [0.25, 0.3) is 0 Å². The highest BCUT2D eigenvalue weighted by atomic mass is 19.4. The zero-order valence-electron chi connectivity index (χ0n) is 21.0. The van der Waals surface area contributed by atoms with Gasteiger partial charge in [0.15, 0.2) is 11.5 Å². The van der Waals surface area contributed by atoms with Gasteiger partial charge in [-0.3, -0.25) is 0 Å². The minimum Gasteiger partial charge on any atom is -0.453 e. The van der Waals surface area contributed by atoms with Gasteiger partial charge in [-0.2, -0.15) is 26.3 Å². The SMILES string of the molecule is Nc1ccc(Oc2ccc(C(c3ccc(Oc4ccc(N)cc4N)c(N)c3)(C(F)(F)F)C(F)(F)F)cc2N)c(N)c1. The molecule has 0 aliphatic rings. The van der Waals surface area contributed by atoms with Crippen LogP contribution in [-0.2, 0) is 5.41 Å². The average molecular weight is 579 g/mol. The third-order valence-corrected chi connectivity index (χ3v) is 6.24. The van der Waals surface area contributed by atoms with Crippen molar-refractivity contribution in [2.24, 2.45) is 0 Å². The van der Waals surface area contributed by atoms with Gasteiger partial charge in [0.05, 0.1) is 22.7 Å². The highest BCUT2D eigenvalue weighted by molar-refractivity contribution is 5.67. The first-order valence-corrected chi connectivity index (χ1v) is 11.6. The van der Waals surface area contributed by atoms with Crippen molar-refractivity contribution < 1.29 is 35.8 Å². The fraction of sp³-hybridized carbons (Fsp3) is 0.111. The van der Waals surface area contributed by atoms with Crippen molar-refractivity contribution in [3.8, 4) is 23.0 Å². The number of nitrogens with two attached hydrogens (primary N) is 6. The third-order valence-electron chi connectivity index (χ3n) is 6.24. The smallest absolute Gasteiger partial charge is 0.411 e. The van der Waals surface area contributed by atoms with Gasteiger partial charge in [0.1, 0.15) is 11.5 Å². The highest BCUT2D eigenvalue weighted by Gasteiger charge is 2.72. The molecule has 0 heterocycles. The van der Waals surface area contributed by atoms with Crippen molar-refractivity contribution in [2.75, 3.05) is 34.4 Å². The molecule has 0 spiro atoms. The predicted molar refractivity (Wildman–Crippen MR) is 145 cm³/mol. The van der Waals surface area contributed by atoms with Crippen LogP contribution in [0.4, 0.5) is 60.5 Å². The van der Waals surface area contributed by atoms with Crippen molar-refractivity contribution >= 4 is 34.1 Å². The fourth-order valence-corrected chi connectivity index (χ4v) is 4.29. The first kappa shape index (κ1) is 28.9. The molecule has 216 valence electrons. The van der Waals surface area contributed by atoms with E-state index in [1.165, 1.54) is 36.4 Å². The van der Waals surface area contributed by atoms with Crippen LogP contribution in [0, 0.1) is 0 Å². The van der Waals surface area contributed by atoms with Crippen molar-refractivity contribution in [1.29, 1.82) is 0 Å². The molecule has 4 aromatic carbocycles. The number of nitrogen functional groups attached to an aromatic ring is 6. The van der Waals surface area contributed by atoms with E-state index < -0.39 is 40.3 Å². The molecule has 0 fully saturated rings. The summed E-state index contributed by atoms with van der Waals surface area (Å²) in [6, 6.07) is 12.4. The van der Waals surface area contributed by atoms with Crippen molar-refractivity contribution in [1.82, 2.24) is 0 Å². The van der Waals surface area contributed by atoms with E-state index in [0.717, 1.165) is 12.1 Å². The molecule has 4 aromatic rings. The summed E-state index contributed by atoms with van der Waals surface area (Å²) in [7, 11) is 0. The quantitative estimate of drug-likeness (QED) is 0.116. The van der Waals surface area contributed by atoms with Gasteiger partial charge in [-0.1, -0.05) is 12.1 Å². The van der Waals surface area contributed by atoms with Gasteiger partial charge in [-0.05, 0) is 71.8 Å². The molecule has 0 unspecified atom stereocenters. The Morgan fingerprint density at radius 2 is 0.707 bits per heavy atom. The minimum atomic E-state index is -5.89. The van der Waals surface area contributed by atoms with Gasteiger partial charge >= 0.3 is 12.4 Å². The van der Waals surface area contributed by atoms with Crippen LogP contribution in [-0.4, -0.2) is 12.4 Å². The summed E-state index contributed by atoms with van der Waals surface area (Å²) in [6.07, 6.45) is -11.8. The second-order valence-electron chi connectivity index (χ2n) is 9.05. The maximum Gasteiger partial charge on any atom is 0.411 e. The Morgan fingerprint density at radius 3 is 0.976 bits per heavy atom. The first-order chi connectivity index (χ1) is 19.0. The molecule has 14 heteroatoms. The summed E-state index contributed by atoms with van der Waals surface area (Å²) >= 11 is 0. The summed E-state index contributed by atoms with van der Waals surface area (Å²) < 4.78 is 99.0. The molecule has 0 aromatic heterocycles. The molecule has 0 saturated carbocycles. The number of hydrogen-bond acceptors (Lipinski definition) is 8. The van der Waals surface area contributed by atoms with Gasteiger partial charge < -0.3 is 43.9 Å². The zero-order valence-corrected chi connectivity index (χ0v) is 21.0. The second-order valence-corrected chi connectivity index (χ2v) is 9.05. The van der Waals surface area contributed by atoms with Crippen LogP contribution in [0.3, 0.4) is 0 Å². The molecule has 0 amide bonds. The van der Waals surface area contributed by atoms with Crippen LogP contribution in [0.1, 0.15) is 11.1 Å². The lowest BCUT2D eigenvalue weighted by Crippen LogP contribution is -2.54. The average Bonchev–Trinajstić information content (AvgIpc) is 2.84. The van der Waals surface area contributed by atoms with Crippen LogP contribution < -0.4 is 43.9 Å². The van der Waals surface area contributed by atoms with E-state index >= 15 is 0 Å². The van der Waals surface area contributed by atoms with Crippen molar-refractivity contribution in [3.63, 3.8) is 0 Å². The monoisotopic (exact) mass is 578 g/mol. The molecule has 0 aliphatic heterocycles. The molecule has 0 saturated heterocycles. The van der Waals surface area contributed by atoms with Gasteiger partial charge in [0, 0.05) is 11.4 Å². The van der Waals surface area contributed by atoms with E-state index in [1.54, 1.807) is 0 Å². The number of alkyl halides is 6. The zero-order chi connectivity index (χ0) is 30.3. The van der Waals surface area contributed by atoms with Crippen LogP contribution in [0.25, 0.3) is 0 Å². The van der Waals surface area contributed by atoms with Crippen LogP contribution in [0.2, 0.25) is 0 Å². The Balaban J connectivity index is 1.82. The molecule has 0 atom stereocenters. The van der Waals surface area contributed by atoms with E-state index in [-0.39, 0.29) is 34.4 Å². The predicted octanol–water partition coefficient (Wildman–Crippen LogP) is 6.18. The minimum absolute atomic E-state index is 0.0432. The lowest BCUT2D eigenvalue weighted by atomic mass is 9.72. The van der Waals surface area contributed by atoms with E-state index in [0.29, 0.717) is 35.6 Å². The Labute approximate surface area is 229 Å². The van der Waals surface area contributed by atoms with E-state index in [2.05, 4.69) is 0 Å². The molecular weight excluding hydrogens is 554 g/mol. The summed E-state index contributed by atoms with van der Waals surface area (Å²) in [4.78, 5) is 0. The Hall–Kier alpha value is -5.14. The maximum atomic E-state index is 14.7. The highest BCUT2D eigenvalue weighted by Crippen LogP contribution is 2.57. The number of anilines is 6. The Kier molecular flexibility index (Phi) is 7.12. The van der Waals surface area contributed by atoms with Gasteiger partial charge in [-0.25, -0.2) is 0 Å². The molecule has 4 rings (SSSR count). The first-order valence-electron chi connectivity index (χ1n) is 11.6. The molecule has 0 radical (unpaired) electrons. The molecular formula is C27H24F6N6O2. The van der Waals surface area contributed by atoms with E-state index in [9.17, 15) is 26.3 Å². The normalized spacial score (nSPS) is 12.2. The number of halogens is 6. The van der Waals surface area contributed by atoms with Crippen LogP contribution >= 0.6 is 0 Å². The lowest BCUT2D eigenvalue weighted by Gasteiger charge is -2.38. The Morgan fingerprint density at radius 1 is 0.415 bits per heavy atom. The van der Waals surface area contributed by atoms with E-state index in [1.807, 2.05) is 0 Å². The maximum absolute atomic E-state index is 14.7. The summed E-state index contributed by atoms with van der Waals surface area (Å²) in [5, 5.41) is 0. The Bertz CT molecular complexity index is 1490. The molecule has 0 bridgehead atoms. The molecule has 8 nitrogen and oxygen atoms in total. The topological polar surface area (TPSA) is 175 Å². The number of ether oxygens (including phenoxy) is 2. The van der Waals surface area contributed by atoms with Crippen LogP contribution in [0.15, 0.2) is 72.8 Å². The van der Waals surface area contributed by atoms with Crippen molar-refractivity contribution in [2.45, 2.75) is 17.8 Å². The molecule has 0 aliphatic carbocycles. The standard InChI is InChI=1S/C27H24F6N6O2/c28-26(29,30)25(27(31,32)33,13-1-5-21(17(36)9-13)40-23-7-3-15(34)11-19(23)38)14-2-6-22(18(37)10-14)41-24-8-4-16(35)12-20(24)39/h1-12H,34-39H2. The summed E-state index contributed by atoms with van der Waals surface area (Å²) in [5.74, 6) is -0.371. The van der Waals surface area contributed by atoms with Crippen molar-refractivity contribution in [3.05, 3.63) is 83.9 Å². The van der Waals surface area contributed by atoms with Gasteiger partial charge in [-0.15, -0.1) is 0 Å². The number of benzene rings is 4. The summed E-state index contributed by atoms with van der Waals surface area (Å²) in [6.45, 7) is 0. The van der Waals surface area contributed by atoms with Crippen LogP contribution in [0.5, 0.6) is 23.0 Å². The van der Waals surface area contributed by atoms with E-state index in [4.69, 9.17) is 43.9 Å². The number of hydrogen-bond donors (Lipinski definition) is 6. The second kappa shape index (κ2) is 10.1.